The maximum Gasteiger partial charge on any atom is 0.324 e. The lowest BCUT2D eigenvalue weighted by Crippen LogP contribution is -2.01. The fourth-order valence-electron chi connectivity index (χ4n) is 1.39. The Balaban J connectivity index is 1.61. The largest absolute Gasteiger partial charge is 0.467 e. The third kappa shape index (κ3) is 6.26. The summed E-state index contributed by atoms with van der Waals surface area (Å²) in [5.41, 5.74) is 0. The van der Waals surface area contributed by atoms with E-state index in [0.717, 1.165) is 0 Å². The highest BCUT2D eigenvalue weighted by Gasteiger charge is 2.02. The van der Waals surface area contributed by atoms with Gasteiger partial charge in [0.15, 0.2) is 13.6 Å². The average Bonchev–Trinajstić information content (AvgIpc) is 2.51. The first-order valence-electron chi connectivity index (χ1n) is 6.20. The lowest BCUT2D eigenvalue weighted by molar-refractivity contribution is 0.0697. The van der Waals surface area contributed by atoms with Crippen molar-refractivity contribution in [3.63, 3.8) is 0 Å². The van der Waals surface area contributed by atoms with Crippen molar-refractivity contribution in [1.29, 1.82) is 0 Å². The van der Waals surface area contributed by atoms with Gasteiger partial charge < -0.3 is 9.47 Å². The molecule has 0 amide bonds. The maximum atomic E-state index is 11.5. The molecule has 0 saturated heterocycles. The molecule has 0 atom stereocenters. The van der Waals surface area contributed by atoms with E-state index in [1.165, 1.54) is 0 Å². The molecule has 2 rings (SSSR count). The van der Waals surface area contributed by atoms with E-state index in [9.17, 15) is 4.57 Å². The van der Waals surface area contributed by atoms with Gasteiger partial charge in [-0.2, -0.15) is 0 Å². The molecule has 2 aromatic rings. The number of ether oxygens (including phenoxy) is 2. The Morgan fingerprint density at radius 3 is 1.45 bits per heavy atom. The maximum absolute atomic E-state index is 11.5. The summed E-state index contributed by atoms with van der Waals surface area (Å²) in [6.45, 7) is -0.388. The Morgan fingerprint density at radius 2 is 1.09 bits per heavy atom. The Hall–Kier alpha value is -1.23. The molecule has 118 valence electrons. The van der Waals surface area contributed by atoms with Gasteiger partial charge in [0.2, 0.25) is 0 Å². The summed E-state index contributed by atoms with van der Waals surface area (Å²) < 4.78 is 31.7. The second-order valence-electron chi connectivity index (χ2n) is 3.97. The number of benzene rings is 2. The molecule has 0 aromatic heterocycles. The summed E-state index contributed by atoms with van der Waals surface area (Å²) in [5.74, 6) is 1.10. The topological polar surface area (TPSA) is 54.0 Å². The van der Waals surface area contributed by atoms with Crippen LogP contribution >= 0.6 is 31.5 Å². The molecular weight excluding hydrogens is 350 g/mol. The van der Waals surface area contributed by atoms with Crippen LogP contribution in [0.15, 0.2) is 48.5 Å². The van der Waals surface area contributed by atoms with Crippen LogP contribution in [0.5, 0.6) is 11.5 Å². The van der Waals surface area contributed by atoms with Crippen LogP contribution in [0.4, 0.5) is 0 Å². The molecule has 0 fully saturated rings. The highest BCUT2D eigenvalue weighted by atomic mass is 35.5. The van der Waals surface area contributed by atoms with E-state index in [0.29, 0.717) is 21.5 Å². The lowest BCUT2D eigenvalue weighted by Gasteiger charge is -2.09. The molecule has 0 aliphatic heterocycles. The molecule has 8 heteroatoms. The van der Waals surface area contributed by atoms with Gasteiger partial charge in [-0.3, -0.25) is 13.6 Å². The fourth-order valence-corrected chi connectivity index (χ4v) is 2.04. The molecule has 0 unspecified atom stereocenters. The van der Waals surface area contributed by atoms with Crippen molar-refractivity contribution >= 4 is 31.5 Å². The summed E-state index contributed by atoms with van der Waals surface area (Å²) in [6, 6.07) is 13.4. The van der Waals surface area contributed by atoms with Crippen LogP contribution in [0.2, 0.25) is 10.0 Å². The Kier molecular flexibility index (Phi) is 7.03. The SMILES string of the molecule is O=[PH](OCOc1ccc(Cl)cc1)OCOc1ccc(Cl)cc1. The molecule has 2 aromatic carbocycles. The Morgan fingerprint density at radius 1 is 0.727 bits per heavy atom. The third-order valence-corrected chi connectivity index (χ3v) is 3.64. The van der Waals surface area contributed by atoms with Gasteiger partial charge in [-0.15, -0.1) is 0 Å². The zero-order valence-electron chi connectivity index (χ0n) is 11.3. The highest BCUT2D eigenvalue weighted by Crippen LogP contribution is 2.25. The van der Waals surface area contributed by atoms with E-state index in [2.05, 4.69) is 0 Å². The zero-order chi connectivity index (χ0) is 15.8. The second-order valence-corrected chi connectivity index (χ2v) is 5.92. The monoisotopic (exact) mass is 362 g/mol. The summed E-state index contributed by atoms with van der Waals surface area (Å²) in [7, 11) is -2.70. The van der Waals surface area contributed by atoms with E-state index in [-0.39, 0.29) is 13.6 Å². The van der Waals surface area contributed by atoms with Crippen molar-refractivity contribution in [2.24, 2.45) is 0 Å². The van der Waals surface area contributed by atoms with Crippen molar-refractivity contribution in [3.8, 4) is 11.5 Å². The smallest absolute Gasteiger partial charge is 0.324 e. The van der Waals surface area contributed by atoms with Crippen LogP contribution in [0.3, 0.4) is 0 Å². The number of halogens is 2. The van der Waals surface area contributed by atoms with E-state index >= 15 is 0 Å². The van der Waals surface area contributed by atoms with Crippen LogP contribution in [-0.4, -0.2) is 13.6 Å². The van der Waals surface area contributed by atoms with Crippen molar-refractivity contribution in [1.82, 2.24) is 0 Å². The normalized spacial score (nSPS) is 10.7. The van der Waals surface area contributed by atoms with Gasteiger partial charge in [0.25, 0.3) is 0 Å². The molecule has 0 heterocycles. The molecule has 0 radical (unpaired) electrons. The van der Waals surface area contributed by atoms with Gasteiger partial charge in [0.05, 0.1) is 0 Å². The minimum Gasteiger partial charge on any atom is -0.467 e. The van der Waals surface area contributed by atoms with Crippen molar-refractivity contribution in [2.75, 3.05) is 13.6 Å². The summed E-state index contributed by atoms with van der Waals surface area (Å²) in [6.07, 6.45) is 0. The fraction of sp³-hybridized carbons (Fsp3) is 0.143. The van der Waals surface area contributed by atoms with E-state index in [1.54, 1.807) is 48.5 Å². The average molecular weight is 363 g/mol. The van der Waals surface area contributed by atoms with Crippen LogP contribution < -0.4 is 9.47 Å². The highest BCUT2D eigenvalue weighted by molar-refractivity contribution is 7.33. The summed E-state index contributed by atoms with van der Waals surface area (Å²) in [5, 5.41) is 1.20. The van der Waals surface area contributed by atoms with Crippen LogP contribution in [0, 0.1) is 0 Å². The van der Waals surface area contributed by atoms with Crippen molar-refractivity contribution < 1.29 is 23.1 Å². The lowest BCUT2D eigenvalue weighted by atomic mass is 10.3. The van der Waals surface area contributed by atoms with Gasteiger partial charge in [-0.25, -0.2) is 0 Å². The molecule has 0 bridgehead atoms. The predicted octanol–water partition coefficient (Wildman–Crippen LogP) is 4.79. The molecule has 0 saturated carbocycles. The molecule has 0 aliphatic rings. The van der Waals surface area contributed by atoms with E-state index < -0.39 is 8.25 Å². The molecule has 5 nitrogen and oxygen atoms in total. The van der Waals surface area contributed by atoms with E-state index in [1.807, 2.05) is 0 Å². The van der Waals surface area contributed by atoms with Gasteiger partial charge in [-0.05, 0) is 48.5 Å². The minimum atomic E-state index is -2.70. The van der Waals surface area contributed by atoms with Crippen molar-refractivity contribution in [2.45, 2.75) is 0 Å². The van der Waals surface area contributed by atoms with Crippen LogP contribution in [0.25, 0.3) is 0 Å². The van der Waals surface area contributed by atoms with Gasteiger partial charge in [0, 0.05) is 10.0 Å². The van der Waals surface area contributed by atoms with E-state index in [4.69, 9.17) is 41.7 Å². The third-order valence-electron chi connectivity index (χ3n) is 2.43. The number of hydrogen-bond donors (Lipinski definition) is 0. The molecule has 0 spiro atoms. The molecule has 22 heavy (non-hydrogen) atoms. The summed E-state index contributed by atoms with van der Waals surface area (Å²) in [4.78, 5) is 0. The number of hydrogen-bond acceptors (Lipinski definition) is 5. The quantitative estimate of drug-likeness (QED) is 0.499. The molecule has 0 N–H and O–H groups in total. The van der Waals surface area contributed by atoms with Crippen LogP contribution in [-0.2, 0) is 13.6 Å². The van der Waals surface area contributed by atoms with Gasteiger partial charge >= 0.3 is 8.25 Å². The van der Waals surface area contributed by atoms with Crippen molar-refractivity contribution in [3.05, 3.63) is 58.6 Å². The standard InChI is InChI=1S/C14H13Cl2O5P/c15-11-1-5-13(6-2-11)18-9-20-22(17)21-10-19-14-7-3-12(16)4-8-14/h1-8,22H,9-10H2. The Bertz CT molecular complexity index is 550. The summed E-state index contributed by atoms with van der Waals surface area (Å²) >= 11 is 11.5. The molecule has 0 aliphatic carbocycles. The predicted molar refractivity (Wildman–Crippen MR) is 85.1 cm³/mol. The minimum absolute atomic E-state index is 0.194. The first-order valence-corrected chi connectivity index (χ1v) is 8.18. The second kappa shape index (κ2) is 9.03. The van der Waals surface area contributed by atoms with Gasteiger partial charge in [-0.1, -0.05) is 23.2 Å². The van der Waals surface area contributed by atoms with Gasteiger partial charge in [0.1, 0.15) is 11.5 Å². The van der Waals surface area contributed by atoms with Crippen LogP contribution in [0.1, 0.15) is 0 Å². The zero-order valence-corrected chi connectivity index (χ0v) is 13.8. The number of rotatable bonds is 8. The molecular formula is C14H13Cl2O5P. The Labute approximate surface area is 138 Å². The first-order chi connectivity index (χ1) is 10.6. The first kappa shape index (κ1) is 17.1.